The normalized spacial score (nSPS) is 24.4. The van der Waals surface area contributed by atoms with Gasteiger partial charge in [0.2, 0.25) is 0 Å². The Kier molecular flexibility index (Phi) is 4.85. The van der Waals surface area contributed by atoms with Crippen LogP contribution in [0.25, 0.3) is 0 Å². The maximum atomic E-state index is 12.9. The fourth-order valence-electron chi connectivity index (χ4n) is 4.29. The second-order valence-electron chi connectivity index (χ2n) is 8.94. The van der Waals surface area contributed by atoms with Crippen molar-refractivity contribution in [3.63, 3.8) is 0 Å². The second-order valence-corrected chi connectivity index (χ2v) is 8.94. The van der Waals surface area contributed by atoms with Crippen molar-refractivity contribution in [2.45, 2.75) is 70.4 Å². The van der Waals surface area contributed by atoms with Gasteiger partial charge in [0.05, 0.1) is 0 Å². The first-order valence-corrected chi connectivity index (χ1v) is 10.1. The molecule has 3 aliphatic rings. The lowest BCUT2D eigenvalue weighted by molar-refractivity contribution is -0.0686. The van der Waals surface area contributed by atoms with E-state index in [0.717, 1.165) is 32.1 Å². The van der Waals surface area contributed by atoms with Gasteiger partial charge in [-0.15, -0.1) is 0 Å². The summed E-state index contributed by atoms with van der Waals surface area (Å²) in [5.41, 5.74) is 0.131. The van der Waals surface area contributed by atoms with Crippen LogP contribution < -0.4 is 0 Å². The van der Waals surface area contributed by atoms with Crippen LogP contribution in [0.1, 0.15) is 63.7 Å². The first-order valence-electron chi connectivity index (χ1n) is 10.1. The lowest BCUT2D eigenvalue weighted by Gasteiger charge is -2.52. The SMILES string of the molecule is CC(C)(C)OC(=O)N1CC2CCC1(c1nc(CCc3ccncc3)no1)CC2. The van der Waals surface area contributed by atoms with Crippen molar-refractivity contribution in [3.05, 3.63) is 41.8 Å². The minimum absolute atomic E-state index is 0.284. The summed E-state index contributed by atoms with van der Waals surface area (Å²) in [7, 11) is 0. The highest BCUT2D eigenvalue weighted by Gasteiger charge is 2.54. The van der Waals surface area contributed by atoms with Crippen LogP contribution in [0.5, 0.6) is 0 Å². The summed E-state index contributed by atoms with van der Waals surface area (Å²) in [6, 6.07) is 3.98. The van der Waals surface area contributed by atoms with E-state index in [-0.39, 0.29) is 6.09 Å². The highest BCUT2D eigenvalue weighted by atomic mass is 16.6. The molecule has 0 aromatic carbocycles. The maximum absolute atomic E-state index is 12.9. The summed E-state index contributed by atoms with van der Waals surface area (Å²) in [5.74, 6) is 1.77. The Morgan fingerprint density at radius 3 is 2.64 bits per heavy atom. The molecule has 2 aromatic rings. The van der Waals surface area contributed by atoms with E-state index in [1.807, 2.05) is 37.8 Å². The van der Waals surface area contributed by atoms with E-state index >= 15 is 0 Å². The molecule has 5 rings (SSSR count). The summed E-state index contributed by atoms with van der Waals surface area (Å²) < 4.78 is 11.4. The van der Waals surface area contributed by atoms with Crippen LogP contribution in [0.4, 0.5) is 4.79 Å². The number of carbonyl (C=O) groups is 1. The molecular weight excluding hydrogens is 356 g/mol. The Bertz CT molecular complexity index is 820. The molecule has 2 aliphatic heterocycles. The van der Waals surface area contributed by atoms with Crippen molar-refractivity contribution in [3.8, 4) is 0 Å². The average Bonchev–Trinajstić information content (AvgIpc) is 3.16. The Morgan fingerprint density at radius 1 is 1.25 bits per heavy atom. The van der Waals surface area contributed by atoms with Crippen LogP contribution in [-0.4, -0.2) is 38.3 Å². The van der Waals surface area contributed by atoms with Crippen molar-refractivity contribution in [1.29, 1.82) is 0 Å². The molecule has 28 heavy (non-hydrogen) atoms. The second kappa shape index (κ2) is 7.18. The van der Waals surface area contributed by atoms with Gasteiger partial charge >= 0.3 is 6.09 Å². The van der Waals surface area contributed by atoms with E-state index in [2.05, 4.69) is 10.1 Å². The molecule has 1 aliphatic carbocycles. The molecule has 1 saturated carbocycles. The van der Waals surface area contributed by atoms with E-state index in [1.54, 1.807) is 12.4 Å². The van der Waals surface area contributed by atoms with Gasteiger partial charge in [-0.2, -0.15) is 4.98 Å². The summed E-state index contributed by atoms with van der Waals surface area (Å²) in [4.78, 5) is 23.5. The molecular formula is C21H28N4O3. The molecule has 7 heteroatoms. The van der Waals surface area contributed by atoms with Crippen LogP contribution in [0, 0.1) is 5.92 Å². The minimum atomic E-state index is -0.529. The molecule has 4 heterocycles. The lowest BCUT2D eigenvalue weighted by atomic mass is 9.70. The van der Waals surface area contributed by atoms with Crippen molar-refractivity contribution < 1.29 is 14.1 Å². The predicted octanol–water partition coefficient (Wildman–Crippen LogP) is 3.89. The Labute approximate surface area is 165 Å². The number of pyridine rings is 1. The number of nitrogens with zero attached hydrogens (tertiary/aromatic N) is 4. The molecule has 150 valence electrons. The highest BCUT2D eigenvalue weighted by Crippen LogP contribution is 2.49. The first-order chi connectivity index (χ1) is 13.4. The zero-order valence-electron chi connectivity index (χ0n) is 16.9. The zero-order valence-corrected chi connectivity index (χ0v) is 16.9. The topological polar surface area (TPSA) is 81.4 Å². The number of ether oxygens (including phenoxy) is 1. The predicted molar refractivity (Wildman–Crippen MR) is 103 cm³/mol. The van der Waals surface area contributed by atoms with Crippen molar-refractivity contribution in [1.82, 2.24) is 20.0 Å². The Balaban J connectivity index is 1.53. The van der Waals surface area contributed by atoms with Crippen LogP contribution >= 0.6 is 0 Å². The molecule has 2 saturated heterocycles. The van der Waals surface area contributed by atoms with E-state index in [9.17, 15) is 4.79 Å². The fraction of sp³-hybridized carbons (Fsp3) is 0.619. The standard InChI is InChI=1S/C21H28N4O3/c1-20(2,3)27-19(26)25-14-16-6-10-21(25,11-7-16)18-23-17(24-28-18)5-4-15-8-12-22-13-9-15/h8-9,12-13,16H,4-7,10-11,14H2,1-3H3. The number of aryl methyl sites for hydroxylation is 2. The summed E-state index contributed by atoms with van der Waals surface area (Å²) >= 11 is 0. The quantitative estimate of drug-likeness (QED) is 0.795. The largest absolute Gasteiger partial charge is 0.444 e. The van der Waals surface area contributed by atoms with Crippen molar-refractivity contribution >= 4 is 6.09 Å². The van der Waals surface area contributed by atoms with Gasteiger partial charge in [0.1, 0.15) is 11.1 Å². The third kappa shape index (κ3) is 3.75. The van der Waals surface area contributed by atoms with Crippen LogP contribution in [0.2, 0.25) is 0 Å². The lowest BCUT2D eigenvalue weighted by Crippen LogP contribution is -2.59. The van der Waals surface area contributed by atoms with E-state index < -0.39 is 11.1 Å². The number of amides is 1. The number of rotatable bonds is 4. The van der Waals surface area contributed by atoms with Crippen molar-refractivity contribution in [2.24, 2.45) is 5.92 Å². The van der Waals surface area contributed by atoms with Crippen LogP contribution in [0.15, 0.2) is 29.0 Å². The van der Waals surface area contributed by atoms with E-state index in [0.29, 0.717) is 30.6 Å². The van der Waals surface area contributed by atoms with Gasteiger partial charge in [-0.25, -0.2) is 4.79 Å². The molecule has 3 fully saturated rings. The number of piperidine rings is 2. The summed E-state index contributed by atoms with van der Waals surface area (Å²) in [6.45, 7) is 6.38. The number of fused-ring (bicyclic) bond motifs is 3. The van der Waals surface area contributed by atoms with Gasteiger partial charge in [-0.1, -0.05) is 5.16 Å². The smallest absolute Gasteiger partial charge is 0.411 e. The van der Waals surface area contributed by atoms with Gasteiger partial charge in [0.15, 0.2) is 5.82 Å². The molecule has 0 atom stereocenters. The molecule has 0 N–H and O–H groups in total. The van der Waals surface area contributed by atoms with Crippen LogP contribution in [0.3, 0.4) is 0 Å². The minimum Gasteiger partial charge on any atom is -0.444 e. The number of aromatic nitrogens is 3. The van der Waals surface area contributed by atoms with Crippen molar-refractivity contribution in [2.75, 3.05) is 6.54 Å². The molecule has 2 bridgehead atoms. The number of carbonyl (C=O) groups excluding carboxylic acids is 1. The average molecular weight is 384 g/mol. The molecule has 0 unspecified atom stereocenters. The Morgan fingerprint density at radius 2 is 1.96 bits per heavy atom. The fourth-order valence-corrected chi connectivity index (χ4v) is 4.29. The van der Waals surface area contributed by atoms with E-state index in [1.165, 1.54) is 5.56 Å². The molecule has 7 nitrogen and oxygen atoms in total. The van der Waals surface area contributed by atoms with Gasteiger partial charge in [0.25, 0.3) is 5.89 Å². The summed E-state index contributed by atoms with van der Waals surface area (Å²) in [5, 5.41) is 4.20. The van der Waals surface area contributed by atoms with E-state index in [4.69, 9.17) is 14.2 Å². The molecule has 2 aromatic heterocycles. The zero-order chi connectivity index (χ0) is 19.8. The third-order valence-corrected chi connectivity index (χ3v) is 5.76. The molecule has 0 spiro atoms. The maximum Gasteiger partial charge on any atom is 0.411 e. The third-order valence-electron chi connectivity index (χ3n) is 5.76. The first kappa shape index (κ1) is 18.9. The van der Waals surface area contributed by atoms with Crippen LogP contribution in [-0.2, 0) is 23.1 Å². The van der Waals surface area contributed by atoms with Gasteiger partial charge in [-0.3, -0.25) is 9.88 Å². The monoisotopic (exact) mass is 384 g/mol. The molecule has 0 radical (unpaired) electrons. The van der Waals surface area contributed by atoms with Gasteiger partial charge in [0, 0.05) is 25.4 Å². The number of hydrogen-bond acceptors (Lipinski definition) is 6. The number of hydrogen-bond donors (Lipinski definition) is 0. The van der Waals surface area contributed by atoms with Gasteiger partial charge < -0.3 is 9.26 Å². The van der Waals surface area contributed by atoms with Gasteiger partial charge in [-0.05, 0) is 76.5 Å². The summed E-state index contributed by atoms with van der Waals surface area (Å²) in [6.07, 6.45) is 8.66. The highest BCUT2D eigenvalue weighted by molar-refractivity contribution is 5.70. The Hall–Kier alpha value is -2.44. The molecule has 1 amide bonds.